The van der Waals surface area contributed by atoms with Crippen molar-refractivity contribution < 1.29 is 23.7 Å². The van der Waals surface area contributed by atoms with Crippen LogP contribution in [0.15, 0.2) is 23.0 Å². The van der Waals surface area contributed by atoms with Crippen LogP contribution in [0, 0.1) is 10.8 Å². The van der Waals surface area contributed by atoms with Crippen molar-refractivity contribution in [1.29, 1.82) is 0 Å². The zero-order valence-corrected chi connectivity index (χ0v) is 27.9. The quantitative estimate of drug-likeness (QED) is 0.387. The predicted octanol–water partition coefficient (Wildman–Crippen LogP) is 4.18. The number of nitrogens with zero attached hydrogens (tertiary/aromatic N) is 7. The first-order chi connectivity index (χ1) is 22.3. The van der Waals surface area contributed by atoms with Crippen molar-refractivity contribution in [1.82, 2.24) is 30.6 Å². The van der Waals surface area contributed by atoms with Crippen molar-refractivity contribution in [2.75, 3.05) is 71.5 Å². The number of hydrogen-bond donors (Lipinski definition) is 1. The van der Waals surface area contributed by atoms with Gasteiger partial charge in [0.15, 0.2) is 34.0 Å². The van der Waals surface area contributed by atoms with E-state index in [1.807, 2.05) is 6.07 Å². The maximum absolute atomic E-state index is 11.4. The second-order valence-corrected chi connectivity index (χ2v) is 12.6. The standard InChI is InChI=1S/C13H19N3O2.C12H17N3O2.C6H7ClN2O2/c1-17-10-8-11(14-15-12(10)18-2)16-7-6-13(9-16)4-3-5-13;1-17-9-7-10(13-14-11(9)16)15-6-5-12(8-15)3-2-4-12;1-10-4-3-5(7)8-9-6(4)11-2/h8H,3-7,9H2,1-2H3;7H,2-6,8H2,1H3,(H,14,16);3H,1-2H3. The smallest absolute Gasteiger partial charge is 0.306 e. The number of rotatable bonds is 7. The first-order valence-corrected chi connectivity index (χ1v) is 15.8. The van der Waals surface area contributed by atoms with Crippen molar-refractivity contribution in [2.24, 2.45) is 10.8 Å². The molecule has 4 aliphatic rings. The van der Waals surface area contributed by atoms with Gasteiger partial charge in [0.05, 0.1) is 35.5 Å². The maximum Gasteiger partial charge on any atom is 0.306 e. The first-order valence-electron chi connectivity index (χ1n) is 15.5. The summed E-state index contributed by atoms with van der Waals surface area (Å²) < 4.78 is 25.2. The van der Waals surface area contributed by atoms with E-state index < -0.39 is 0 Å². The topological polar surface area (TPSA) is 150 Å². The maximum atomic E-state index is 11.4. The average Bonchev–Trinajstić information content (AvgIpc) is 3.72. The number of halogens is 1. The highest BCUT2D eigenvalue weighted by Crippen LogP contribution is 2.49. The number of hydrogen-bond acceptors (Lipinski definition) is 13. The Morgan fingerprint density at radius 2 is 1.15 bits per heavy atom. The minimum absolute atomic E-state index is 0.270. The zero-order chi connectivity index (χ0) is 32.7. The summed E-state index contributed by atoms with van der Waals surface area (Å²) in [5.41, 5.74) is 0.827. The summed E-state index contributed by atoms with van der Waals surface area (Å²) in [4.78, 5) is 15.9. The molecule has 0 atom stereocenters. The van der Waals surface area contributed by atoms with E-state index in [2.05, 4.69) is 40.4 Å². The van der Waals surface area contributed by atoms with Gasteiger partial charge in [-0.2, -0.15) is 5.10 Å². The fourth-order valence-corrected chi connectivity index (χ4v) is 6.68. The minimum Gasteiger partial charge on any atom is -0.491 e. The van der Waals surface area contributed by atoms with Gasteiger partial charge in [0.2, 0.25) is 0 Å². The van der Waals surface area contributed by atoms with Gasteiger partial charge in [0.25, 0.3) is 11.8 Å². The lowest BCUT2D eigenvalue weighted by Crippen LogP contribution is -2.33. The van der Waals surface area contributed by atoms with Gasteiger partial charge in [-0.3, -0.25) is 4.79 Å². The number of methoxy groups -OCH3 is 5. The van der Waals surface area contributed by atoms with Gasteiger partial charge >= 0.3 is 5.56 Å². The summed E-state index contributed by atoms with van der Waals surface area (Å²) in [6.45, 7) is 4.28. The van der Waals surface area contributed by atoms with Crippen LogP contribution in [0.5, 0.6) is 29.0 Å². The molecule has 2 aliphatic carbocycles. The third-order valence-corrected chi connectivity index (χ3v) is 9.75. The van der Waals surface area contributed by atoms with Crippen LogP contribution < -0.4 is 39.0 Å². The second kappa shape index (κ2) is 14.6. The highest BCUT2D eigenvalue weighted by molar-refractivity contribution is 6.29. The van der Waals surface area contributed by atoms with Gasteiger partial charge in [-0.1, -0.05) is 24.4 Å². The van der Waals surface area contributed by atoms with Gasteiger partial charge in [0, 0.05) is 44.4 Å². The molecule has 4 fully saturated rings. The van der Waals surface area contributed by atoms with Gasteiger partial charge in [0.1, 0.15) is 0 Å². The number of nitrogens with one attached hydrogen (secondary N) is 1. The minimum atomic E-state index is -0.270. The lowest BCUT2D eigenvalue weighted by atomic mass is 9.68. The number of aromatic amines is 1. The Bertz CT molecular complexity index is 1530. The summed E-state index contributed by atoms with van der Waals surface area (Å²) in [6.07, 6.45) is 10.7. The highest BCUT2D eigenvalue weighted by atomic mass is 35.5. The SMILES string of the molecule is COc1cc(Cl)nnc1OC.COc1cc(N2CCC3(CCC3)C2)n[nH]c1=O.COc1cc(N2CCC3(CCC3)C2)nnc1OC. The Labute approximate surface area is 273 Å². The molecule has 7 rings (SSSR count). The average molecular weight is 659 g/mol. The summed E-state index contributed by atoms with van der Waals surface area (Å²) in [5.74, 6) is 3.96. The molecule has 5 heterocycles. The Morgan fingerprint density at radius 3 is 1.63 bits per heavy atom. The third kappa shape index (κ3) is 7.32. The molecular weight excluding hydrogens is 616 g/mol. The van der Waals surface area contributed by atoms with Crippen LogP contribution in [-0.4, -0.2) is 92.3 Å². The lowest BCUT2D eigenvalue weighted by Gasteiger charge is -2.38. The molecule has 250 valence electrons. The summed E-state index contributed by atoms with van der Waals surface area (Å²) in [6, 6.07) is 5.19. The molecule has 2 saturated heterocycles. The van der Waals surface area contributed by atoms with Crippen LogP contribution in [0.25, 0.3) is 0 Å². The summed E-state index contributed by atoms with van der Waals surface area (Å²) in [7, 11) is 7.70. The summed E-state index contributed by atoms with van der Waals surface area (Å²) >= 11 is 5.54. The Hall–Kier alpha value is -4.07. The molecule has 2 spiro atoms. The van der Waals surface area contributed by atoms with Crippen molar-refractivity contribution in [3.63, 3.8) is 0 Å². The number of ether oxygens (including phenoxy) is 5. The molecule has 1 N–H and O–H groups in total. The van der Waals surface area contributed by atoms with Crippen LogP contribution >= 0.6 is 11.6 Å². The van der Waals surface area contributed by atoms with Gasteiger partial charge in [-0.25, -0.2) is 5.10 Å². The van der Waals surface area contributed by atoms with Gasteiger partial charge in [-0.15, -0.1) is 20.4 Å². The van der Waals surface area contributed by atoms with Crippen molar-refractivity contribution >= 4 is 23.2 Å². The Balaban J connectivity index is 0.000000140. The monoisotopic (exact) mass is 658 g/mol. The highest BCUT2D eigenvalue weighted by Gasteiger charge is 2.44. The van der Waals surface area contributed by atoms with Crippen LogP contribution in [0.2, 0.25) is 5.15 Å². The number of H-pyrrole nitrogens is 1. The van der Waals surface area contributed by atoms with E-state index >= 15 is 0 Å². The second-order valence-electron chi connectivity index (χ2n) is 12.2. The van der Waals surface area contributed by atoms with Crippen LogP contribution in [0.1, 0.15) is 51.4 Å². The van der Waals surface area contributed by atoms with E-state index in [1.165, 1.54) is 78.8 Å². The van der Waals surface area contributed by atoms with E-state index in [1.54, 1.807) is 20.3 Å². The first kappa shape index (κ1) is 33.3. The molecule has 14 nitrogen and oxygen atoms in total. The third-order valence-electron chi connectivity index (χ3n) is 9.57. The van der Waals surface area contributed by atoms with E-state index in [9.17, 15) is 4.79 Å². The molecule has 3 aromatic heterocycles. The van der Waals surface area contributed by atoms with Gasteiger partial charge in [-0.05, 0) is 49.4 Å². The molecule has 2 saturated carbocycles. The molecule has 0 aromatic carbocycles. The van der Waals surface area contributed by atoms with Crippen LogP contribution in [0.3, 0.4) is 0 Å². The zero-order valence-electron chi connectivity index (χ0n) is 27.2. The van der Waals surface area contributed by atoms with Crippen molar-refractivity contribution in [3.8, 4) is 29.0 Å². The Morgan fingerprint density at radius 1 is 0.652 bits per heavy atom. The van der Waals surface area contributed by atoms with E-state index in [4.69, 9.17) is 35.3 Å². The number of anilines is 2. The van der Waals surface area contributed by atoms with Crippen molar-refractivity contribution in [3.05, 3.63) is 33.7 Å². The van der Waals surface area contributed by atoms with Crippen molar-refractivity contribution in [2.45, 2.75) is 51.4 Å². The molecule has 0 amide bonds. The molecule has 2 aliphatic heterocycles. The predicted molar refractivity (Wildman–Crippen MR) is 173 cm³/mol. The van der Waals surface area contributed by atoms with Gasteiger partial charge < -0.3 is 33.5 Å². The Kier molecular flexibility index (Phi) is 10.5. The molecule has 0 bridgehead atoms. The molecule has 0 unspecified atom stereocenters. The number of aromatic nitrogens is 6. The van der Waals surface area contributed by atoms with E-state index in [0.29, 0.717) is 39.8 Å². The fraction of sp³-hybridized carbons (Fsp3) is 0.613. The van der Waals surface area contributed by atoms with Crippen LogP contribution in [0.4, 0.5) is 11.6 Å². The fourth-order valence-electron chi connectivity index (χ4n) is 6.55. The molecule has 3 aromatic rings. The lowest BCUT2D eigenvalue weighted by molar-refractivity contribution is 0.165. The molecule has 15 heteroatoms. The largest absolute Gasteiger partial charge is 0.491 e. The molecule has 0 radical (unpaired) electrons. The summed E-state index contributed by atoms with van der Waals surface area (Å²) in [5, 5.41) is 22.4. The molecular formula is C31H43ClN8O6. The van der Waals surface area contributed by atoms with Crippen LogP contribution in [-0.2, 0) is 0 Å². The molecule has 46 heavy (non-hydrogen) atoms. The normalized spacial score (nSPS) is 18.4. The van der Waals surface area contributed by atoms with E-state index in [-0.39, 0.29) is 10.7 Å². The van der Waals surface area contributed by atoms with E-state index in [0.717, 1.165) is 37.8 Å².